The Morgan fingerprint density at radius 3 is 2.52 bits per heavy atom. The first kappa shape index (κ1) is 18.0. The maximum absolute atomic E-state index is 12.1. The number of benzene rings is 2. The van der Waals surface area contributed by atoms with E-state index in [1.807, 2.05) is 19.1 Å². The second-order valence-electron chi connectivity index (χ2n) is 5.77. The molecule has 0 radical (unpaired) electrons. The molecule has 0 aliphatic heterocycles. The maximum Gasteiger partial charge on any atom is 0.343 e. The van der Waals surface area contributed by atoms with Crippen molar-refractivity contribution in [2.75, 3.05) is 0 Å². The molecule has 3 aromatic rings. The SMILES string of the molecule is Cc1cccc(C(=O)Oc2ccc(/C=N/NC(=O)c3cccnc3)cc2)c1. The maximum atomic E-state index is 12.1. The van der Waals surface area contributed by atoms with Crippen LogP contribution in [0.25, 0.3) is 0 Å². The molecule has 1 N–H and O–H groups in total. The predicted octanol–water partition coefficient (Wildman–Crippen LogP) is 3.37. The lowest BCUT2D eigenvalue weighted by molar-refractivity contribution is 0.0734. The average Bonchev–Trinajstić information content (AvgIpc) is 2.70. The molecular formula is C21H17N3O3. The summed E-state index contributed by atoms with van der Waals surface area (Å²) in [5.41, 5.74) is 5.09. The highest BCUT2D eigenvalue weighted by atomic mass is 16.5. The molecule has 0 saturated carbocycles. The topological polar surface area (TPSA) is 80.6 Å². The van der Waals surface area contributed by atoms with Crippen LogP contribution in [-0.4, -0.2) is 23.1 Å². The number of carbonyl (C=O) groups is 2. The second kappa shape index (κ2) is 8.53. The Labute approximate surface area is 156 Å². The lowest BCUT2D eigenvalue weighted by Gasteiger charge is -2.05. The number of carbonyl (C=O) groups excluding carboxylic acids is 2. The van der Waals surface area contributed by atoms with Gasteiger partial charge in [-0.1, -0.05) is 17.7 Å². The minimum absolute atomic E-state index is 0.344. The van der Waals surface area contributed by atoms with E-state index in [0.29, 0.717) is 16.9 Å². The van der Waals surface area contributed by atoms with Crippen LogP contribution in [0.15, 0.2) is 78.2 Å². The van der Waals surface area contributed by atoms with E-state index in [0.717, 1.165) is 11.1 Å². The lowest BCUT2D eigenvalue weighted by atomic mass is 10.1. The number of nitrogens with one attached hydrogen (secondary N) is 1. The molecule has 0 aliphatic rings. The summed E-state index contributed by atoms with van der Waals surface area (Å²) in [5, 5.41) is 3.91. The van der Waals surface area contributed by atoms with Crippen LogP contribution < -0.4 is 10.2 Å². The van der Waals surface area contributed by atoms with Crippen molar-refractivity contribution >= 4 is 18.1 Å². The lowest BCUT2D eigenvalue weighted by Crippen LogP contribution is -2.17. The van der Waals surface area contributed by atoms with Gasteiger partial charge in [-0.15, -0.1) is 0 Å². The zero-order valence-corrected chi connectivity index (χ0v) is 14.6. The zero-order chi connectivity index (χ0) is 19.1. The fourth-order valence-electron chi connectivity index (χ4n) is 2.29. The molecule has 0 atom stereocenters. The van der Waals surface area contributed by atoms with Gasteiger partial charge in [0.05, 0.1) is 17.3 Å². The van der Waals surface area contributed by atoms with Crippen LogP contribution in [-0.2, 0) is 0 Å². The number of amides is 1. The summed E-state index contributed by atoms with van der Waals surface area (Å²) < 4.78 is 5.35. The number of nitrogens with zero attached hydrogens (tertiary/aromatic N) is 2. The van der Waals surface area contributed by atoms with E-state index in [4.69, 9.17) is 4.74 Å². The Kier molecular flexibility index (Phi) is 5.69. The highest BCUT2D eigenvalue weighted by Gasteiger charge is 2.08. The van der Waals surface area contributed by atoms with Gasteiger partial charge < -0.3 is 4.74 Å². The fraction of sp³-hybridized carbons (Fsp3) is 0.0476. The Morgan fingerprint density at radius 1 is 1.04 bits per heavy atom. The van der Waals surface area contributed by atoms with Crippen LogP contribution in [0.4, 0.5) is 0 Å². The smallest absolute Gasteiger partial charge is 0.343 e. The molecule has 27 heavy (non-hydrogen) atoms. The summed E-state index contributed by atoms with van der Waals surface area (Å²) in [5.74, 6) is -0.329. The quantitative estimate of drug-likeness (QED) is 0.328. The van der Waals surface area contributed by atoms with Crippen molar-refractivity contribution in [3.8, 4) is 5.75 Å². The van der Waals surface area contributed by atoms with E-state index in [9.17, 15) is 9.59 Å². The average molecular weight is 359 g/mol. The first-order valence-electron chi connectivity index (χ1n) is 8.24. The molecule has 2 aromatic carbocycles. The van der Waals surface area contributed by atoms with Gasteiger partial charge in [-0.3, -0.25) is 9.78 Å². The van der Waals surface area contributed by atoms with E-state index < -0.39 is 5.97 Å². The number of ether oxygens (including phenoxy) is 1. The molecule has 0 aliphatic carbocycles. The van der Waals surface area contributed by atoms with Crippen LogP contribution in [0.2, 0.25) is 0 Å². The molecule has 1 heterocycles. The Morgan fingerprint density at radius 2 is 1.81 bits per heavy atom. The van der Waals surface area contributed by atoms with Crippen molar-refractivity contribution in [1.29, 1.82) is 0 Å². The van der Waals surface area contributed by atoms with Gasteiger partial charge in [0.1, 0.15) is 5.75 Å². The van der Waals surface area contributed by atoms with Crippen molar-refractivity contribution in [2.24, 2.45) is 5.10 Å². The van der Waals surface area contributed by atoms with E-state index in [2.05, 4.69) is 15.5 Å². The van der Waals surface area contributed by atoms with Crippen molar-refractivity contribution in [1.82, 2.24) is 10.4 Å². The van der Waals surface area contributed by atoms with Crippen LogP contribution in [0, 0.1) is 6.92 Å². The third-order valence-electron chi connectivity index (χ3n) is 3.65. The van der Waals surface area contributed by atoms with Gasteiger partial charge in [-0.25, -0.2) is 10.2 Å². The highest BCUT2D eigenvalue weighted by molar-refractivity contribution is 5.94. The van der Waals surface area contributed by atoms with Crippen molar-refractivity contribution in [3.63, 3.8) is 0 Å². The number of aromatic nitrogens is 1. The number of rotatable bonds is 5. The second-order valence-corrected chi connectivity index (χ2v) is 5.77. The van der Waals surface area contributed by atoms with Crippen molar-refractivity contribution in [2.45, 2.75) is 6.92 Å². The molecule has 1 aromatic heterocycles. The van der Waals surface area contributed by atoms with Gasteiger partial charge in [0.2, 0.25) is 0 Å². The van der Waals surface area contributed by atoms with E-state index in [1.54, 1.807) is 54.7 Å². The predicted molar refractivity (Wildman–Crippen MR) is 102 cm³/mol. The number of pyridine rings is 1. The summed E-state index contributed by atoms with van der Waals surface area (Å²) in [6.07, 6.45) is 4.55. The normalized spacial score (nSPS) is 10.6. The number of esters is 1. The molecule has 1 amide bonds. The van der Waals surface area contributed by atoms with E-state index in [1.165, 1.54) is 12.4 Å². The summed E-state index contributed by atoms with van der Waals surface area (Å²) in [7, 11) is 0. The minimum Gasteiger partial charge on any atom is -0.423 e. The Bertz CT molecular complexity index is 967. The molecule has 6 heteroatoms. The van der Waals surface area contributed by atoms with Crippen LogP contribution >= 0.6 is 0 Å². The number of hydrazone groups is 1. The third-order valence-corrected chi connectivity index (χ3v) is 3.65. The molecule has 0 unspecified atom stereocenters. The monoisotopic (exact) mass is 359 g/mol. The number of aryl methyl sites for hydroxylation is 1. The highest BCUT2D eigenvalue weighted by Crippen LogP contribution is 2.14. The molecule has 0 saturated heterocycles. The Hall–Kier alpha value is -3.80. The first-order chi connectivity index (χ1) is 13.1. The molecule has 134 valence electrons. The van der Waals surface area contributed by atoms with Gasteiger partial charge in [0.15, 0.2) is 0 Å². The first-order valence-corrected chi connectivity index (χ1v) is 8.24. The summed E-state index contributed by atoms with van der Waals surface area (Å²) >= 11 is 0. The summed E-state index contributed by atoms with van der Waals surface area (Å²) in [6, 6.07) is 17.3. The van der Waals surface area contributed by atoms with E-state index in [-0.39, 0.29) is 5.91 Å². The van der Waals surface area contributed by atoms with Crippen molar-refractivity contribution in [3.05, 3.63) is 95.3 Å². The standard InChI is InChI=1S/C21H17N3O3/c1-15-4-2-5-17(12-15)21(26)27-19-9-7-16(8-10-19)13-23-24-20(25)18-6-3-11-22-14-18/h2-14H,1H3,(H,24,25)/b23-13+. The minimum atomic E-state index is -0.413. The van der Waals surface area contributed by atoms with Gasteiger partial charge >= 0.3 is 5.97 Å². The Balaban J connectivity index is 1.57. The fourth-order valence-corrected chi connectivity index (χ4v) is 2.29. The molecule has 3 rings (SSSR count). The van der Waals surface area contributed by atoms with Gasteiger partial charge in [0.25, 0.3) is 5.91 Å². The molecular weight excluding hydrogens is 342 g/mol. The molecule has 0 fully saturated rings. The van der Waals surface area contributed by atoms with Crippen LogP contribution in [0.1, 0.15) is 31.8 Å². The molecule has 6 nitrogen and oxygen atoms in total. The van der Waals surface area contributed by atoms with Crippen LogP contribution in [0.3, 0.4) is 0 Å². The molecule has 0 spiro atoms. The van der Waals surface area contributed by atoms with Gasteiger partial charge in [-0.05, 0) is 61.0 Å². The number of hydrogen-bond donors (Lipinski definition) is 1. The largest absolute Gasteiger partial charge is 0.423 e. The van der Waals surface area contributed by atoms with Crippen LogP contribution in [0.5, 0.6) is 5.75 Å². The molecule has 0 bridgehead atoms. The zero-order valence-electron chi connectivity index (χ0n) is 14.6. The van der Waals surface area contributed by atoms with Gasteiger partial charge in [-0.2, -0.15) is 5.10 Å². The van der Waals surface area contributed by atoms with Crippen molar-refractivity contribution < 1.29 is 14.3 Å². The summed E-state index contributed by atoms with van der Waals surface area (Å²) in [6.45, 7) is 1.91. The van der Waals surface area contributed by atoms with Gasteiger partial charge in [0, 0.05) is 12.4 Å². The van der Waals surface area contributed by atoms with E-state index >= 15 is 0 Å². The summed E-state index contributed by atoms with van der Waals surface area (Å²) in [4.78, 5) is 27.9. The third kappa shape index (κ3) is 5.09. The number of hydrogen-bond acceptors (Lipinski definition) is 5.